The Morgan fingerprint density at radius 3 is 2.39 bits per heavy atom. The van der Waals surface area contributed by atoms with Gasteiger partial charge in [-0.3, -0.25) is 4.79 Å². The topological polar surface area (TPSA) is 93.3 Å². The Hall–Kier alpha value is -2.11. The van der Waals surface area contributed by atoms with Gasteiger partial charge in [0.2, 0.25) is 0 Å². The van der Waals surface area contributed by atoms with E-state index in [1.54, 1.807) is 0 Å². The van der Waals surface area contributed by atoms with Crippen LogP contribution in [0.2, 0.25) is 0 Å². The summed E-state index contributed by atoms with van der Waals surface area (Å²) < 4.78 is 0.555. The Labute approximate surface area is 105 Å². The lowest BCUT2D eigenvalue weighted by atomic mass is 10.0. The predicted molar refractivity (Wildman–Crippen MR) is 63.7 cm³/mol. The van der Waals surface area contributed by atoms with Crippen molar-refractivity contribution < 1.29 is 19.4 Å². The first-order chi connectivity index (χ1) is 8.40. The molecule has 0 aliphatic rings. The Morgan fingerprint density at radius 1 is 1.39 bits per heavy atom. The van der Waals surface area contributed by atoms with E-state index < -0.39 is 17.9 Å². The molecule has 2 N–H and O–H groups in total. The molecule has 1 rings (SSSR count). The Morgan fingerprint density at radius 2 is 1.94 bits per heavy atom. The molecule has 18 heavy (non-hydrogen) atoms. The monoisotopic (exact) mass is 252 g/mol. The molecule has 1 aromatic rings. The summed E-state index contributed by atoms with van der Waals surface area (Å²) in [6.07, 6.45) is 2.73. The molecule has 0 saturated carbocycles. The highest BCUT2D eigenvalue weighted by molar-refractivity contribution is 5.96. The molecule has 0 aliphatic heterocycles. The highest BCUT2D eigenvalue weighted by Crippen LogP contribution is 2.06. The first-order valence-corrected chi connectivity index (χ1v) is 5.62. The third-order valence-electron chi connectivity index (χ3n) is 2.37. The number of hydrogen-bond acceptors (Lipinski definition) is 3. The van der Waals surface area contributed by atoms with E-state index in [2.05, 4.69) is 5.32 Å². The summed E-state index contributed by atoms with van der Waals surface area (Å²) in [5.41, 5.74) is 0.261. The summed E-state index contributed by atoms with van der Waals surface area (Å²) in [6, 6.07) is 1.77. The Bertz CT molecular complexity index is 428. The molecule has 0 fully saturated rings. The van der Waals surface area contributed by atoms with Gasteiger partial charge in [0.05, 0.1) is 5.56 Å². The molecule has 6 nitrogen and oxygen atoms in total. The second-order valence-electron chi connectivity index (χ2n) is 4.44. The van der Waals surface area contributed by atoms with Crippen LogP contribution in [0, 0.1) is 11.1 Å². The Kier molecular flexibility index (Phi) is 4.65. The van der Waals surface area contributed by atoms with Crippen molar-refractivity contribution in [1.82, 2.24) is 5.32 Å². The minimum atomic E-state index is -1.06. The quantitative estimate of drug-likeness (QED) is 0.591. The lowest BCUT2D eigenvalue weighted by molar-refractivity contribution is -0.605. The fourth-order valence-corrected chi connectivity index (χ4v) is 1.50. The number of carboxylic acid groups (broad SMARTS) is 1. The normalized spacial score (nSPS) is 12.2. The average molecular weight is 252 g/mol. The fraction of sp³-hybridized carbons (Fsp3) is 0.417. The van der Waals surface area contributed by atoms with E-state index >= 15 is 0 Å². The third-order valence-corrected chi connectivity index (χ3v) is 2.37. The number of aliphatic carboxylic acids is 1. The van der Waals surface area contributed by atoms with E-state index in [4.69, 9.17) is 5.11 Å². The molecule has 98 valence electrons. The maximum Gasteiger partial charge on any atom is 0.326 e. The summed E-state index contributed by atoms with van der Waals surface area (Å²) in [4.78, 5) is 22.8. The molecule has 1 atom stereocenters. The minimum absolute atomic E-state index is 0.158. The van der Waals surface area contributed by atoms with E-state index in [1.165, 1.54) is 24.5 Å². The smallest absolute Gasteiger partial charge is 0.326 e. The minimum Gasteiger partial charge on any atom is -0.619 e. The number of nitrogens with zero attached hydrogens (tertiary/aromatic N) is 1. The van der Waals surface area contributed by atoms with Crippen LogP contribution in [-0.2, 0) is 4.79 Å². The van der Waals surface area contributed by atoms with E-state index in [1.807, 2.05) is 13.8 Å². The van der Waals surface area contributed by atoms with Crippen LogP contribution in [0.1, 0.15) is 30.6 Å². The highest BCUT2D eigenvalue weighted by atomic mass is 16.5. The van der Waals surface area contributed by atoms with Crippen molar-refractivity contribution in [2.75, 3.05) is 0 Å². The van der Waals surface area contributed by atoms with Crippen molar-refractivity contribution in [2.45, 2.75) is 26.3 Å². The first-order valence-electron chi connectivity index (χ1n) is 5.62. The van der Waals surface area contributed by atoms with Gasteiger partial charge in [0.15, 0.2) is 12.4 Å². The van der Waals surface area contributed by atoms with Crippen LogP contribution < -0.4 is 10.0 Å². The molecule has 0 aromatic carbocycles. The van der Waals surface area contributed by atoms with Crippen molar-refractivity contribution in [3.05, 3.63) is 35.3 Å². The van der Waals surface area contributed by atoms with E-state index in [0.29, 0.717) is 11.2 Å². The summed E-state index contributed by atoms with van der Waals surface area (Å²) in [5.74, 6) is -1.40. The molecule has 1 aromatic heterocycles. The van der Waals surface area contributed by atoms with Crippen molar-refractivity contribution in [1.29, 1.82) is 0 Å². The van der Waals surface area contributed by atoms with Crippen LogP contribution in [0.25, 0.3) is 0 Å². The molecule has 1 heterocycles. The van der Waals surface area contributed by atoms with Gasteiger partial charge in [-0.25, -0.2) is 4.79 Å². The van der Waals surface area contributed by atoms with Crippen molar-refractivity contribution in [3.8, 4) is 0 Å². The molecule has 0 radical (unpaired) electrons. The SMILES string of the molecule is CC(C)CC(NC(=O)c1cc[n+]([O-])cc1)C(=O)O. The zero-order valence-electron chi connectivity index (χ0n) is 10.3. The third kappa shape index (κ3) is 4.04. The van der Waals surface area contributed by atoms with Crippen LogP contribution in [-0.4, -0.2) is 23.0 Å². The zero-order chi connectivity index (χ0) is 13.7. The van der Waals surface area contributed by atoms with E-state index in [-0.39, 0.29) is 11.5 Å². The van der Waals surface area contributed by atoms with E-state index in [9.17, 15) is 14.8 Å². The lowest BCUT2D eigenvalue weighted by Gasteiger charge is -2.16. The summed E-state index contributed by atoms with van der Waals surface area (Å²) in [6.45, 7) is 3.76. The van der Waals surface area contributed by atoms with Gasteiger partial charge in [0, 0.05) is 12.1 Å². The maximum atomic E-state index is 11.8. The van der Waals surface area contributed by atoms with Gasteiger partial charge in [0.25, 0.3) is 5.91 Å². The molecule has 0 saturated heterocycles. The molecular weight excluding hydrogens is 236 g/mol. The number of nitrogens with one attached hydrogen (secondary N) is 1. The van der Waals surface area contributed by atoms with E-state index in [0.717, 1.165) is 0 Å². The fourth-order valence-electron chi connectivity index (χ4n) is 1.50. The molecule has 0 aliphatic carbocycles. The highest BCUT2D eigenvalue weighted by Gasteiger charge is 2.21. The number of carbonyl (C=O) groups excluding carboxylic acids is 1. The van der Waals surface area contributed by atoms with Gasteiger partial charge in [-0.1, -0.05) is 13.8 Å². The molecule has 6 heteroatoms. The van der Waals surface area contributed by atoms with Crippen LogP contribution in [0.4, 0.5) is 0 Å². The summed E-state index contributed by atoms with van der Waals surface area (Å²) in [5, 5.41) is 22.2. The predicted octanol–water partition coefficient (Wildman–Crippen LogP) is 0.549. The van der Waals surface area contributed by atoms with Crippen molar-refractivity contribution >= 4 is 11.9 Å². The largest absolute Gasteiger partial charge is 0.619 e. The summed E-state index contributed by atoms with van der Waals surface area (Å²) in [7, 11) is 0. The van der Waals surface area contributed by atoms with Gasteiger partial charge in [-0.15, -0.1) is 0 Å². The first kappa shape index (κ1) is 14.0. The van der Waals surface area contributed by atoms with Gasteiger partial charge in [-0.2, -0.15) is 4.73 Å². The molecule has 0 spiro atoms. The Balaban J connectivity index is 2.72. The van der Waals surface area contributed by atoms with Gasteiger partial charge in [-0.05, 0) is 12.3 Å². The second kappa shape index (κ2) is 6.00. The van der Waals surface area contributed by atoms with Gasteiger partial charge in [0.1, 0.15) is 6.04 Å². The van der Waals surface area contributed by atoms with Crippen LogP contribution >= 0.6 is 0 Å². The van der Waals surface area contributed by atoms with Crippen LogP contribution in [0.3, 0.4) is 0 Å². The lowest BCUT2D eigenvalue weighted by Crippen LogP contribution is -2.41. The molecule has 1 amide bonds. The number of carbonyl (C=O) groups is 2. The average Bonchev–Trinajstić information content (AvgIpc) is 2.28. The maximum absolute atomic E-state index is 11.8. The van der Waals surface area contributed by atoms with Crippen LogP contribution in [0.15, 0.2) is 24.5 Å². The van der Waals surface area contributed by atoms with Gasteiger partial charge < -0.3 is 15.6 Å². The van der Waals surface area contributed by atoms with Crippen molar-refractivity contribution in [2.24, 2.45) is 5.92 Å². The number of hydrogen-bond donors (Lipinski definition) is 2. The molecule has 1 unspecified atom stereocenters. The summed E-state index contributed by atoms with van der Waals surface area (Å²) >= 11 is 0. The number of rotatable bonds is 5. The number of pyridine rings is 1. The van der Waals surface area contributed by atoms with Crippen molar-refractivity contribution in [3.63, 3.8) is 0 Å². The van der Waals surface area contributed by atoms with Crippen LogP contribution in [0.5, 0.6) is 0 Å². The zero-order valence-corrected chi connectivity index (χ0v) is 10.3. The van der Waals surface area contributed by atoms with Gasteiger partial charge >= 0.3 is 5.97 Å². The number of amides is 1. The number of carboxylic acids is 1. The molecular formula is C12H16N2O4. The standard InChI is InChI=1S/C12H16N2O4/c1-8(2)7-10(12(16)17)13-11(15)9-3-5-14(18)6-4-9/h3-6,8,10H,7H2,1-2H3,(H,13,15)(H,16,17). The second-order valence-corrected chi connectivity index (χ2v) is 4.44. The number of aromatic nitrogens is 1. The molecule has 0 bridgehead atoms.